The van der Waals surface area contributed by atoms with E-state index in [4.69, 9.17) is 5.21 Å². The van der Waals surface area contributed by atoms with Crippen LogP contribution in [0.5, 0.6) is 0 Å². The Morgan fingerprint density at radius 3 is 2.21 bits per heavy atom. The molecule has 0 fully saturated rings. The Labute approximate surface area is 194 Å². The van der Waals surface area contributed by atoms with Crippen molar-refractivity contribution in [3.05, 3.63) is 67.0 Å². The van der Waals surface area contributed by atoms with E-state index in [0.717, 1.165) is 16.8 Å². The predicted octanol–water partition coefficient (Wildman–Crippen LogP) is 2.69. The van der Waals surface area contributed by atoms with Gasteiger partial charge in [0.25, 0.3) is 0 Å². The number of carbonyl (C=O) groups is 2. The van der Waals surface area contributed by atoms with E-state index >= 15 is 0 Å². The number of anilines is 1. The lowest BCUT2D eigenvalue weighted by atomic mass is 9.87. The van der Waals surface area contributed by atoms with Gasteiger partial charge in [0.15, 0.2) is 0 Å². The van der Waals surface area contributed by atoms with Crippen molar-refractivity contribution < 1.29 is 19.9 Å². The van der Waals surface area contributed by atoms with Crippen LogP contribution in [-0.2, 0) is 9.59 Å². The Balaban J connectivity index is 1.72. The number of hydrogen-bond acceptors (Lipinski definition) is 6. The molecule has 0 spiro atoms. The molecule has 1 aliphatic rings. The topological polar surface area (TPSA) is 105 Å². The Kier molecular flexibility index (Phi) is 7.73. The summed E-state index contributed by atoms with van der Waals surface area (Å²) < 4.78 is 0. The maximum Gasteiger partial charge on any atom is 0.245 e. The molecule has 176 valence electrons. The van der Waals surface area contributed by atoms with Gasteiger partial charge in [0, 0.05) is 18.1 Å². The monoisotopic (exact) mass is 452 g/mol. The summed E-state index contributed by atoms with van der Waals surface area (Å²) in [6.07, 6.45) is 3.38. The van der Waals surface area contributed by atoms with Crippen molar-refractivity contribution in [1.82, 2.24) is 15.7 Å². The number of hydroxylamine groups is 1. The van der Waals surface area contributed by atoms with Gasteiger partial charge in [-0.3, -0.25) is 14.8 Å². The molecule has 4 N–H and O–H groups in total. The van der Waals surface area contributed by atoms with Crippen molar-refractivity contribution in [2.45, 2.75) is 39.3 Å². The van der Waals surface area contributed by atoms with Gasteiger partial charge < -0.3 is 20.2 Å². The van der Waals surface area contributed by atoms with Crippen LogP contribution in [0.3, 0.4) is 0 Å². The van der Waals surface area contributed by atoms with Crippen LogP contribution in [0.1, 0.15) is 27.2 Å². The van der Waals surface area contributed by atoms with Crippen LogP contribution < -0.4 is 15.7 Å². The molecule has 2 atom stereocenters. The molecule has 0 saturated heterocycles. The fourth-order valence-corrected chi connectivity index (χ4v) is 3.67. The third kappa shape index (κ3) is 6.12. The summed E-state index contributed by atoms with van der Waals surface area (Å²) in [5.41, 5.74) is 4.43. The first-order valence-electron chi connectivity index (χ1n) is 10.9. The molecule has 0 bridgehead atoms. The third-order valence-electron chi connectivity index (χ3n) is 5.81. The van der Waals surface area contributed by atoms with Crippen LogP contribution in [0.25, 0.3) is 11.1 Å². The number of amides is 2. The summed E-state index contributed by atoms with van der Waals surface area (Å²) in [6, 6.07) is 16.9. The van der Waals surface area contributed by atoms with E-state index in [1.807, 2.05) is 74.3 Å². The van der Waals surface area contributed by atoms with Gasteiger partial charge in [0.2, 0.25) is 11.8 Å². The standard InChI is InChI=1S/C25H32N4O4/c1-25(2,3)22(16-30)26-24(32)21(15-23(31)27-33)29-14-13-28(17-29)20-11-9-19(10-12-20)18-7-5-4-6-8-18/h4-14,21-22,30,33H,15-17H2,1-3H3,(H,26,32)(H,27,31)/t21-,22-/m1/s1. The maximum absolute atomic E-state index is 13.1. The average Bonchev–Trinajstić information content (AvgIpc) is 3.30. The van der Waals surface area contributed by atoms with Crippen LogP contribution in [0.15, 0.2) is 67.0 Å². The summed E-state index contributed by atoms with van der Waals surface area (Å²) in [4.78, 5) is 28.7. The molecule has 33 heavy (non-hydrogen) atoms. The van der Waals surface area contributed by atoms with Crippen LogP contribution in [0, 0.1) is 5.41 Å². The number of aliphatic hydroxyl groups is 1. The van der Waals surface area contributed by atoms with E-state index in [-0.39, 0.29) is 18.4 Å². The fourth-order valence-electron chi connectivity index (χ4n) is 3.67. The second-order valence-corrected chi connectivity index (χ2v) is 9.20. The van der Waals surface area contributed by atoms with Crippen molar-refractivity contribution >= 4 is 17.5 Å². The lowest BCUT2D eigenvalue weighted by Gasteiger charge is -2.34. The SMILES string of the molecule is CC(C)(C)[C@@H](CO)NC(=O)[C@@H](CC(=O)NO)N1C=CN(c2ccc(-c3ccccc3)cc2)C1. The van der Waals surface area contributed by atoms with Crippen molar-refractivity contribution in [2.24, 2.45) is 5.41 Å². The van der Waals surface area contributed by atoms with Crippen molar-refractivity contribution in [2.75, 3.05) is 18.2 Å². The lowest BCUT2D eigenvalue weighted by molar-refractivity contribution is -0.135. The number of benzene rings is 2. The number of aliphatic hydroxyl groups excluding tert-OH is 1. The van der Waals surface area contributed by atoms with E-state index in [1.165, 1.54) is 0 Å². The third-order valence-corrected chi connectivity index (χ3v) is 5.81. The van der Waals surface area contributed by atoms with E-state index < -0.39 is 23.9 Å². The second-order valence-electron chi connectivity index (χ2n) is 9.20. The molecule has 3 rings (SSSR count). The van der Waals surface area contributed by atoms with Gasteiger partial charge in [-0.2, -0.15) is 0 Å². The van der Waals surface area contributed by atoms with Crippen molar-refractivity contribution in [3.63, 3.8) is 0 Å². The molecular weight excluding hydrogens is 420 g/mol. The first-order valence-corrected chi connectivity index (χ1v) is 10.9. The average molecular weight is 453 g/mol. The fraction of sp³-hybridized carbons (Fsp3) is 0.360. The molecular formula is C25H32N4O4. The molecule has 0 unspecified atom stereocenters. The second kappa shape index (κ2) is 10.5. The zero-order valence-electron chi connectivity index (χ0n) is 19.2. The molecule has 0 radical (unpaired) electrons. The van der Waals surface area contributed by atoms with Crippen LogP contribution in [-0.4, -0.2) is 52.4 Å². The van der Waals surface area contributed by atoms with Gasteiger partial charge in [-0.05, 0) is 28.7 Å². The zero-order chi connectivity index (χ0) is 24.0. The van der Waals surface area contributed by atoms with E-state index in [0.29, 0.717) is 6.67 Å². The Hall–Kier alpha value is -3.36. The highest BCUT2D eigenvalue weighted by Gasteiger charge is 2.33. The molecule has 0 saturated carbocycles. The molecule has 1 heterocycles. The highest BCUT2D eigenvalue weighted by molar-refractivity contribution is 5.88. The quantitative estimate of drug-likeness (QED) is 0.363. The minimum atomic E-state index is -0.849. The highest BCUT2D eigenvalue weighted by Crippen LogP contribution is 2.26. The number of nitrogens with zero attached hydrogens (tertiary/aromatic N) is 2. The molecule has 0 aromatic heterocycles. The maximum atomic E-state index is 13.1. The number of carbonyl (C=O) groups excluding carboxylic acids is 2. The summed E-state index contributed by atoms with van der Waals surface area (Å²) >= 11 is 0. The summed E-state index contributed by atoms with van der Waals surface area (Å²) in [5.74, 6) is -1.05. The van der Waals surface area contributed by atoms with Gasteiger partial charge in [-0.15, -0.1) is 0 Å². The highest BCUT2D eigenvalue weighted by atomic mass is 16.5. The summed E-state index contributed by atoms with van der Waals surface area (Å²) in [6.45, 7) is 5.89. The van der Waals surface area contributed by atoms with Crippen LogP contribution in [0.2, 0.25) is 0 Å². The van der Waals surface area contributed by atoms with Gasteiger partial charge in [-0.1, -0.05) is 63.2 Å². The van der Waals surface area contributed by atoms with Gasteiger partial charge >= 0.3 is 0 Å². The molecule has 2 aromatic carbocycles. The number of hydrogen-bond donors (Lipinski definition) is 4. The van der Waals surface area contributed by atoms with Crippen molar-refractivity contribution in [3.8, 4) is 11.1 Å². The molecule has 2 aromatic rings. The summed E-state index contributed by atoms with van der Waals surface area (Å²) in [7, 11) is 0. The Morgan fingerprint density at radius 2 is 1.64 bits per heavy atom. The van der Waals surface area contributed by atoms with Crippen molar-refractivity contribution in [1.29, 1.82) is 0 Å². The Bertz CT molecular complexity index is 970. The van der Waals surface area contributed by atoms with Crippen LogP contribution in [0.4, 0.5) is 5.69 Å². The molecule has 0 aliphatic carbocycles. The minimum absolute atomic E-state index is 0.218. The smallest absolute Gasteiger partial charge is 0.245 e. The van der Waals surface area contributed by atoms with Gasteiger partial charge in [-0.25, -0.2) is 5.48 Å². The van der Waals surface area contributed by atoms with E-state index in [9.17, 15) is 14.7 Å². The molecule has 2 amide bonds. The van der Waals surface area contributed by atoms with E-state index in [1.54, 1.807) is 16.6 Å². The largest absolute Gasteiger partial charge is 0.394 e. The molecule has 8 heteroatoms. The lowest BCUT2D eigenvalue weighted by Crippen LogP contribution is -2.54. The molecule has 8 nitrogen and oxygen atoms in total. The number of rotatable bonds is 8. The Morgan fingerprint density at radius 1 is 1.00 bits per heavy atom. The molecule has 1 aliphatic heterocycles. The zero-order valence-corrected chi connectivity index (χ0v) is 19.2. The normalized spacial score (nSPS) is 15.3. The number of nitrogens with one attached hydrogen (secondary N) is 2. The van der Waals surface area contributed by atoms with Gasteiger partial charge in [0.05, 0.1) is 25.7 Å². The van der Waals surface area contributed by atoms with Crippen LogP contribution >= 0.6 is 0 Å². The predicted molar refractivity (Wildman–Crippen MR) is 127 cm³/mol. The van der Waals surface area contributed by atoms with Gasteiger partial charge in [0.1, 0.15) is 6.04 Å². The van der Waals surface area contributed by atoms with E-state index in [2.05, 4.69) is 17.4 Å². The first-order chi connectivity index (χ1) is 15.7. The summed E-state index contributed by atoms with van der Waals surface area (Å²) in [5, 5.41) is 21.6. The first kappa shape index (κ1) is 24.3. The minimum Gasteiger partial charge on any atom is -0.394 e.